The second kappa shape index (κ2) is 30.5. The van der Waals surface area contributed by atoms with Crippen molar-refractivity contribution < 1.29 is 21.9 Å². The van der Waals surface area contributed by atoms with Gasteiger partial charge in [-0.2, -0.15) is 0 Å². The molecule has 2 aliphatic heterocycles. The molecule has 0 amide bonds. The van der Waals surface area contributed by atoms with Crippen molar-refractivity contribution in [2.24, 2.45) is 0 Å². The fourth-order valence-corrected chi connectivity index (χ4v) is 19.2. The van der Waals surface area contributed by atoms with Crippen LogP contribution in [-0.4, -0.2) is 15.8 Å². The van der Waals surface area contributed by atoms with Crippen LogP contribution in [0, 0.1) is 0 Å². The maximum absolute atomic E-state index is 10.6. The van der Waals surface area contributed by atoms with Crippen LogP contribution in [-0.2, 0) is 54.1 Å². The van der Waals surface area contributed by atoms with Crippen LogP contribution in [0.3, 0.4) is 0 Å². The monoisotopic (exact) mass is 1710 g/mol. The SMILES string of the molecule is [2H]c1c([2H])c([2H])c2c(c1[2H])c1c([2H])c([2H])c([2H])c([2H])c1n2-c1ccc2c(c1)N(c1c(-c3ccc(C(C)(C)C)cc3)cc(C(C)(C)C)cc1-c1cc(C(C)(C)C)cc(C(C)(C)C)c1)c1cc(-n3c4c([2H])c([2H])c([2H])c([2H])c4c4c([2H])c([2H])c([2H])c([2H])c43)cc3c1B2c1ccc(-c2cc(C(C)(C)C)cc(C(C)(C)C)c2)cc1N3c1c(-c2ccc(C(C)(C)C)cc2)cc(C(C)(C)C)cc1-c1cc(C(C)(C)C)ccc1C(C)(C)C. The highest BCUT2D eigenvalue weighted by molar-refractivity contribution is 7.00. The topological polar surface area (TPSA) is 16.3 Å². The third-order valence-corrected chi connectivity index (χ3v) is 27.1. The minimum atomic E-state index is -0.865. The average molecular weight is 1710 g/mol. The van der Waals surface area contributed by atoms with Crippen LogP contribution in [0.2, 0.25) is 0 Å². The molecule has 0 unspecified atom stereocenters. The third kappa shape index (κ3) is 15.7. The van der Waals surface area contributed by atoms with Gasteiger partial charge in [-0.15, -0.1) is 0 Å². The molecular formula is C124H135BN4. The van der Waals surface area contributed by atoms with Crippen molar-refractivity contribution in [3.8, 4) is 67.0 Å². The minimum Gasteiger partial charge on any atom is -0.310 e. The number of hydrogen-bond donors (Lipinski definition) is 0. The number of para-hydroxylation sites is 4. The molecule has 0 saturated carbocycles. The zero-order chi connectivity index (χ0) is 106. The molecule has 4 heterocycles. The number of hydrogen-bond acceptors (Lipinski definition) is 2. The van der Waals surface area contributed by atoms with Gasteiger partial charge in [0.15, 0.2) is 0 Å². The number of nitrogens with zero attached hydrogens (tertiary/aromatic N) is 4. The van der Waals surface area contributed by atoms with Gasteiger partial charge in [0.05, 0.1) is 61.1 Å². The van der Waals surface area contributed by atoms with E-state index in [-0.39, 0.29) is 76.6 Å². The minimum absolute atomic E-state index is 0.0829. The molecule has 4 nitrogen and oxygen atoms in total. The molecule has 0 radical (unpaired) electrons. The molecule has 0 bridgehead atoms. The summed E-state index contributed by atoms with van der Waals surface area (Å²) in [5, 5.41) is -0.432. The molecule has 129 heavy (non-hydrogen) atoms. The van der Waals surface area contributed by atoms with E-state index in [0.717, 1.165) is 139 Å². The molecule has 654 valence electrons. The Bertz CT molecular complexity index is 7990. The Balaban J connectivity index is 1.18. The van der Waals surface area contributed by atoms with Crippen LogP contribution < -0.4 is 26.2 Å². The van der Waals surface area contributed by atoms with Crippen LogP contribution in [0.1, 0.15) is 285 Å². The van der Waals surface area contributed by atoms with Crippen molar-refractivity contribution in [1.82, 2.24) is 9.13 Å². The van der Waals surface area contributed by atoms with Crippen LogP contribution >= 0.6 is 0 Å². The van der Waals surface area contributed by atoms with Gasteiger partial charge >= 0.3 is 0 Å². The van der Waals surface area contributed by atoms with Crippen molar-refractivity contribution in [2.75, 3.05) is 9.80 Å². The number of fused-ring (bicyclic) bond motifs is 10. The lowest BCUT2D eigenvalue weighted by molar-refractivity contribution is 0.568. The Kier molecular flexibility index (Phi) is 16.6. The van der Waals surface area contributed by atoms with Gasteiger partial charge in [0.2, 0.25) is 0 Å². The Morgan fingerprint density at radius 2 is 0.512 bits per heavy atom. The molecule has 2 aromatic heterocycles. The molecule has 2 aliphatic rings. The van der Waals surface area contributed by atoms with Gasteiger partial charge in [-0.25, -0.2) is 0 Å². The summed E-state index contributed by atoms with van der Waals surface area (Å²) >= 11 is 0. The molecule has 18 rings (SSSR count). The molecule has 16 aromatic rings. The largest absolute Gasteiger partial charge is 0.310 e. The van der Waals surface area contributed by atoms with Crippen LogP contribution in [0.4, 0.5) is 34.1 Å². The number of anilines is 6. The summed E-state index contributed by atoms with van der Waals surface area (Å²) in [6.45, 7) is 66.4. The standard InChI is InChI=1S/C124H135BN4/c1-115(2,3)81-52-47-76(48-53-81)96-69-88(122(22,23)24)71-98(80-63-86(120(16,17)18)67-87(64-80)121(19,20)21)113(96)129-109-73-90(126-104-43-35-31-39-92(104)93-40-32-36-44-105(93)126)57-60-103(109)125-102-59-51-78(79-61-84(118(10,11)12)66-85(62-79)119(13,14)15)65-108(102)128(110-74-91(75-111(129)112(110)125)127-106-45-37-33-41-94(106)95-42-34-38-46-107(95)127)114-97(77-49-54-82(55-50-77)116(4,5)6)70-89(123(25,26)27)72-100(114)99-68-83(117(7,8)9)56-58-101(99)124(28,29)30/h31-75H,1-30H3/i31D,32D,33D,34D,35D,36D,37D,38D,39D,40D,41D,42D,43D,44D,45D,46D. The van der Waals surface area contributed by atoms with E-state index in [1.54, 1.807) is 9.13 Å². The summed E-state index contributed by atoms with van der Waals surface area (Å²) in [4.78, 5) is 4.78. The summed E-state index contributed by atoms with van der Waals surface area (Å²) in [6, 6.07) is 56.5. The fourth-order valence-electron chi connectivity index (χ4n) is 19.2. The quantitative estimate of drug-likeness (QED) is 0.134. The van der Waals surface area contributed by atoms with E-state index in [9.17, 15) is 21.9 Å². The molecule has 14 aromatic carbocycles. The zero-order valence-corrected chi connectivity index (χ0v) is 81.6. The Hall–Kier alpha value is -11.7. The van der Waals surface area contributed by atoms with Gasteiger partial charge < -0.3 is 18.9 Å². The first-order valence-corrected chi connectivity index (χ1v) is 46.1. The molecule has 5 heteroatoms. The predicted octanol–water partition coefficient (Wildman–Crippen LogP) is 33.3. The van der Waals surface area contributed by atoms with E-state index in [1.807, 2.05) is 18.2 Å². The lowest BCUT2D eigenvalue weighted by atomic mass is 9.33. The van der Waals surface area contributed by atoms with Crippen molar-refractivity contribution in [3.63, 3.8) is 0 Å². The number of benzene rings is 14. The van der Waals surface area contributed by atoms with Crippen LogP contribution in [0.25, 0.3) is 111 Å². The summed E-state index contributed by atoms with van der Waals surface area (Å²) in [5.74, 6) is 0. The third-order valence-electron chi connectivity index (χ3n) is 27.1. The Morgan fingerprint density at radius 1 is 0.217 bits per heavy atom. The molecule has 0 aliphatic carbocycles. The molecule has 0 saturated heterocycles. The van der Waals surface area contributed by atoms with Crippen molar-refractivity contribution in [1.29, 1.82) is 0 Å². The maximum Gasteiger partial charge on any atom is 0.252 e. The first-order valence-electron chi connectivity index (χ1n) is 54.1. The van der Waals surface area contributed by atoms with Crippen molar-refractivity contribution in [2.45, 2.75) is 262 Å². The van der Waals surface area contributed by atoms with Gasteiger partial charge in [0.25, 0.3) is 6.71 Å². The predicted molar refractivity (Wildman–Crippen MR) is 563 cm³/mol. The second-order valence-electron chi connectivity index (χ2n) is 46.9. The molecule has 0 N–H and O–H groups in total. The molecule has 0 spiro atoms. The van der Waals surface area contributed by atoms with Gasteiger partial charge in [-0.3, -0.25) is 0 Å². The smallest absolute Gasteiger partial charge is 0.252 e. The summed E-state index contributed by atoms with van der Waals surface area (Å²) < 4.78 is 163. The Morgan fingerprint density at radius 3 is 0.891 bits per heavy atom. The second-order valence-corrected chi connectivity index (χ2v) is 46.9. The lowest BCUT2D eigenvalue weighted by Gasteiger charge is -2.46. The summed E-state index contributed by atoms with van der Waals surface area (Å²) in [6.07, 6.45) is 0. The van der Waals surface area contributed by atoms with Crippen molar-refractivity contribution >= 4 is 101 Å². The highest BCUT2D eigenvalue weighted by Gasteiger charge is 2.48. The van der Waals surface area contributed by atoms with E-state index in [2.05, 4.69) is 375 Å². The van der Waals surface area contributed by atoms with Crippen LogP contribution in [0.5, 0.6) is 0 Å². The number of rotatable bonds is 9. The highest BCUT2D eigenvalue weighted by Crippen LogP contribution is 2.58. The zero-order valence-electron chi connectivity index (χ0n) is 97.6. The fraction of sp³-hybridized carbons (Fsp3) is 0.323. The van der Waals surface area contributed by atoms with Gasteiger partial charge in [0, 0.05) is 72.2 Å². The summed E-state index contributed by atoms with van der Waals surface area (Å²) in [5.41, 5.74) is 21.6. The van der Waals surface area contributed by atoms with Gasteiger partial charge in [0.1, 0.15) is 0 Å². The lowest BCUT2D eigenvalue weighted by Crippen LogP contribution is -2.61. The summed E-state index contributed by atoms with van der Waals surface area (Å²) in [7, 11) is 0. The average Bonchev–Trinajstić information content (AvgIpc) is 1.55. The Labute approximate surface area is 794 Å². The first kappa shape index (κ1) is 70.3. The number of aromatic nitrogens is 2. The van der Waals surface area contributed by atoms with Gasteiger partial charge in [-0.05, 0) is 238 Å². The van der Waals surface area contributed by atoms with E-state index >= 15 is 0 Å². The van der Waals surface area contributed by atoms with Crippen LogP contribution in [0.15, 0.2) is 273 Å². The first-order chi connectivity index (χ1) is 66.9. The molecule has 0 atom stereocenters. The maximum atomic E-state index is 10.6. The van der Waals surface area contributed by atoms with Gasteiger partial charge in [-0.1, -0.05) is 402 Å². The normalized spacial score (nSPS) is 15.5. The highest BCUT2D eigenvalue weighted by atomic mass is 15.2. The van der Waals surface area contributed by atoms with E-state index in [0.29, 0.717) is 22.7 Å². The van der Waals surface area contributed by atoms with E-state index in [1.165, 1.54) is 0 Å². The van der Waals surface area contributed by atoms with Crippen molar-refractivity contribution in [3.05, 3.63) is 328 Å². The van der Waals surface area contributed by atoms with E-state index in [4.69, 9.17) is 0 Å². The molecular weight excluding hydrogens is 1560 g/mol. The van der Waals surface area contributed by atoms with E-state index < -0.39 is 136 Å². The molecule has 0 fully saturated rings.